The van der Waals surface area contributed by atoms with E-state index in [1.165, 1.54) is 12.0 Å². The van der Waals surface area contributed by atoms with Crippen molar-refractivity contribution in [1.29, 1.82) is 0 Å². The first-order valence-electron chi connectivity index (χ1n) is 6.51. The van der Waals surface area contributed by atoms with Crippen LogP contribution in [0.5, 0.6) is 0 Å². The van der Waals surface area contributed by atoms with Crippen LogP contribution in [0.3, 0.4) is 0 Å². The Kier molecular flexibility index (Phi) is 4.29. The Labute approximate surface area is 108 Å². The van der Waals surface area contributed by atoms with E-state index in [1.54, 1.807) is 6.08 Å². The van der Waals surface area contributed by atoms with E-state index in [9.17, 15) is 4.79 Å². The molecule has 0 aromatic heterocycles. The van der Waals surface area contributed by atoms with E-state index in [0.717, 1.165) is 18.6 Å². The highest BCUT2D eigenvalue weighted by atomic mass is 16.5. The minimum absolute atomic E-state index is 0.114. The van der Waals surface area contributed by atoms with Crippen molar-refractivity contribution in [2.45, 2.75) is 44.8 Å². The standard InChI is InChI=1S/C15H19NO2/c1-11(16-10-17)13-5-7-14(8-6-13)15-4-3-9-18-12(15)2/h5-8,11-12,15H,3-4,9H2,1-2H3. The smallest absolute Gasteiger partial charge is 0.235 e. The number of aliphatic imine (C=N–C) groups is 1. The summed E-state index contributed by atoms with van der Waals surface area (Å²) >= 11 is 0. The summed E-state index contributed by atoms with van der Waals surface area (Å²) in [6.07, 6.45) is 4.20. The summed E-state index contributed by atoms with van der Waals surface area (Å²) in [5.74, 6) is 0.484. The number of hydrogen-bond donors (Lipinski definition) is 0. The molecule has 2 rings (SSSR count). The number of ether oxygens (including phenoxy) is 1. The average Bonchev–Trinajstić information content (AvgIpc) is 2.40. The molecule has 1 aromatic carbocycles. The predicted molar refractivity (Wildman–Crippen MR) is 70.4 cm³/mol. The number of carbonyl (C=O) groups excluding carboxylic acids is 1. The quantitative estimate of drug-likeness (QED) is 0.605. The molecule has 3 nitrogen and oxygen atoms in total. The fraction of sp³-hybridized carbons (Fsp3) is 0.533. The lowest BCUT2D eigenvalue weighted by atomic mass is 9.87. The molecule has 1 saturated heterocycles. The van der Waals surface area contributed by atoms with Crippen LogP contribution in [-0.4, -0.2) is 18.8 Å². The van der Waals surface area contributed by atoms with Gasteiger partial charge in [-0.2, -0.15) is 4.99 Å². The Morgan fingerprint density at radius 3 is 2.72 bits per heavy atom. The van der Waals surface area contributed by atoms with E-state index >= 15 is 0 Å². The molecule has 1 aliphatic heterocycles. The lowest BCUT2D eigenvalue weighted by Crippen LogP contribution is -2.24. The summed E-state index contributed by atoms with van der Waals surface area (Å²) in [4.78, 5) is 14.0. The van der Waals surface area contributed by atoms with Crippen molar-refractivity contribution in [1.82, 2.24) is 0 Å². The maximum atomic E-state index is 10.2. The summed E-state index contributed by atoms with van der Waals surface area (Å²) in [6.45, 7) is 4.91. The van der Waals surface area contributed by atoms with Crippen LogP contribution < -0.4 is 0 Å². The van der Waals surface area contributed by atoms with E-state index in [-0.39, 0.29) is 12.1 Å². The number of benzene rings is 1. The maximum absolute atomic E-state index is 10.2. The van der Waals surface area contributed by atoms with Crippen molar-refractivity contribution < 1.29 is 9.53 Å². The minimum atomic E-state index is -0.114. The van der Waals surface area contributed by atoms with E-state index < -0.39 is 0 Å². The van der Waals surface area contributed by atoms with Gasteiger partial charge in [0.05, 0.1) is 12.1 Å². The Hall–Kier alpha value is -1.44. The molecule has 1 heterocycles. The van der Waals surface area contributed by atoms with Gasteiger partial charge in [-0.15, -0.1) is 0 Å². The third-order valence-electron chi connectivity index (χ3n) is 3.70. The second kappa shape index (κ2) is 5.94. The molecule has 1 aliphatic rings. The van der Waals surface area contributed by atoms with Crippen molar-refractivity contribution in [3.05, 3.63) is 35.4 Å². The molecule has 3 unspecified atom stereocenters. The molecule has 0 aliphatic carbocycles. The highest BCUT2D eigenvalue weighted by Gasteiger charge is 2.23. The van der Waals surface area contributed by atoms with Gasteiger partial charge in [0.1, 0.15) is 0 Å². The molecule has 0 saturated carbocycles. The fourth-order valence-corrected chi connectivity index (χ4v) is 2.54. The summed E-state index contributed by atoms with van der Waals surface area (Å²) < 4.78 is 5.69. The summed E-state index contributed by atoms with van der Waals surface area (Å²) in [7, 11) is 0. The van der Waals surface area contributed by atoms with Gasteiger partial charge in [-0.3, -0.25) is 0 Å². The Bertz CT molecular complexity index is 434. The molecule has 96 valence electrons. The number of hydrogen-bond acceptors (Lipinski definition) is 3. The number of rotatable bonds is 3. The van der Waals surface area contributed by atoms with Crippen LogP contribution in [0.15, 0.2) is 29.3 Å². The molecule has 18 heavy (non-hydrogen) atoms. The molecule has 1 fully saturated rings. The first-order valence-corrected chi connectivity index (χ1v) is 6.51. The molecule has 0 N–H and O–H groups in total. The average molecular weight is 245 g/mol. The van der Waals surface area contributed by atoms with E-state index in [4.69, 9.17) is 4.74 Å². The summed E-state index contributed by atoms with van der Waals surface area (Å²) in [5, 5.41) is 0. The van der Waals surface area contributed by atoms with Gasteiger partial charge in [0, 0.05) is 12.5 Å². The zero-order valence-electron chi connectivity index (χ0n) is 10.9. The van der Waals surface area contributed by atoms with Gasteiger partial charge in [0.15, 0.2) is 0 Å². The van der Waals surface area contributed by atoms with Crippen LogP contribution in [0.4, 0.5) is 0 Å². The Morgan fingerprint density at radius 2 is 2.11 bits per heavy atom. The SMILES string of the molecule is CC(N=C=O)c1ccc(C2CCCOC2C)cc1. The molecule has 0 amide bonds. The Balaban J connectivity index is 2.13. The molecule has 3 heteroatoms. The molecule has 0 spiro atoms. The number of isocyanates is 1. The summed E-state index contributed by atoms with van der Waals surface area (Å²) in [5.41, 5.74) is 2.36. The molecule has 1 aromatic rings. The molecular weight excluding hydrogens is 226 g/mol. The van der Waals surface area contributed by atoms with Crippen molar-refractivity contribution >= 4 is 6.08 Å². The van der Waals surface area contributed by atoms with Gasteiger partial charge in [-0.1, -0.05) is 24.3 Å². The maximum Gasteiger partial charge on any atom is 0.235 e. The van der Waals surface area contributed by atoms with Gasteiger partial charge in [0.25, 0.3) is 0 Å². The van der Waals surface area contributed by atoms with E-state index in [2.05, 4.69) is 24.0 Å². The van der Waals surface area contributed by atoms with Crippen molar-refractivity contribution in [2.24, 2.45) is 4.99 Å². The van der Waals surface area contributed by atoms with Crippen molar-refractivity contribution in [3.63, 3.8) is 0 Å². The van der Waals surface area contributed by atoms with Gasteiger partial charge in [0.2, 0.25) is 6.08 Å². The second-order valence-corrected chi connectivity index (χ2v) is 4.89. The second-order valence-electron chi connectivity index (χ2n) is 4.89. The van der Waals surface area contributed by atoms with Crippen molar-refractivity contribution in [2.75, 3.05) is 6.61 Å². The molecule has 3 atom stereocenters. The predicted octanol–water partition coefficient (Wildman–Crippen LogP) is 3.37. The normalized spacial score (nSPS) is 25.2. The van der Waals surface area contributed by atoms with Gasteiger partial charge < -0.3 is 4.74 Å². The zero-order chi connectivity index (χ0) is 13.0. The first-order chi connectivity index (χ1) is 8.72. The number of nitrogens with zero attached hydrogens (tertiary/aromatic N) is 1. The van der Waals surface area contributed by atoms with E-state index in [0.29, 0.717) is 5.92 Å². The largest absolute Gasteiger partial charge is 0.378 e. The first kappa shape index (κ1) is 13.0. The van der Waals surface area contributed by atoms with Crippen LogP contribution in [0, 0.1) is 0 Å². The fourth-order valence-electron chi connectivity index (χ4n) is 2.54. The van der Waals surface area contributed by atoms with Gasteiger partial charge in [-0.25, -0.2) is 4.79 Å². The topological polar surface area (TPSA) is 38.7 Å². The highest BCUT2D eigenvalue weighted by Crippen LogP contribution is 2.31. The third kappa shape index (κ3) is 2.87. The third-order valence-corrected chi connectivity index (χ3v) is 3.70. The molecule has 0 radical (unpaired) electrons. The monoisotopic (exact) mass is 245 g/mol. The van der Waals surface area contributed by atoms with Gasteiger partial charge in [-0.05, 0) is 37.8 Å². The van der Waals surface area contributed by atoms with Crippen LogP contribution in [0.2, 0.25) is 0 Å². The molecular formula is C15H19NO2. The lowest BCUT2D eigenvalue weighted by molar-refractivity contribution is 0.0115. The molecule has 0 bridgehead atoms. The van der Waals surface area contributed by atoms with Crippen LogP contribution in [0.1, 0.15) is 49.8 Å². The lowest BCUT2D eigenvalue weighted by Gasteiger charge is -2.29. The van der Waals surface area contributed by atoms with E-state index in [1.807, 2.05) is 19.1 Å². The van der Waals surface area contributed by atoms with Gasteiger partial charge >= 0.3 is 0 Å². The zero-order valence-corrected chi connectivity index (χ0v) is 10.9. The Morgan fingerprint density at radius 1 is 1.39 bits per heavy atom. The highest BCUT2D eigenvalue weighted by molar-refractivity contribution is 5.36. The van der Waals surface area contributed by atoms with Crippen molar-refractivity contribution in [3.8, 4) is 0 Å². The minimum Gasteiger partial charge on any atom is -0.378 e. The van der Waals surface area contributed by atoms with Crippen LogP contribution in [-0.2, 0) is 9.53 Å². The van der Waals surface area contributed by atoms with Crippen LogP contribution >= 0.6 is 0 Å². The van der Waals surface area contributed by atoms with Crippen LogP contribution in [0.25, 0.3) is 0 Å². The summed E-state index contributed by atoms with van der Waals surface area (Å²) in [6, 6.07) is 8.23.